The Morgan fingerprint density at radius 1 is 1.07 bits per heavy atom. The third kappa shape index (κ3) is 3.60. The van der Waals surface area contributed by atoms with Gasteiger partial charge >= 0.3 is 0 Å². The molecule has 1 fully saturated rings. The molecule has 0 spiro atoms. The third-order valence-electron chi connectivity index (χ3n) is 5.11. The van der Waals surface area contributed by atoms with E-state index < -0.39 is 0 Å². The Kier molecular flexibility index (Phi) is 4.82. The van der Waals surface area contributed by atoms with Crippen molar-refractivity contribution >= 4 is 28.3 Å². The summed E-state index contributed by atoms with van der Waals surface area (Å²) in [5, 5.41) is 10.8. The molecule has 1 aliphatic heterocycles. The van der Waals surface area contributed by atoms with Gasteiger partial charge < -0.3 is 15.0 Å². The number of ether oxygens (including phenoxy) is 1. The lowest BCUT2D eigenvalue weighted by atomic mass is 10.0. The number of aromatic amines is 1. The molecule has 4 aromatic rings. The van der Waals surface area contributed by atoms with E-state index in [9.17, 15) is 4.79 Å². The van der Waals surface area contributed by atoms with E-state index in [4.69, 9.17) is 4.74 Å². The molecule has 0 unspecified atom stereocenters. The van der Waals surface area contributed by atoms with Crippen molar-refractivity contribution in [1.82, 2.24) is 20.2 Å². The molecule has 0 aliphatic carbocycles. The normalized spacial score (nSPS) is 14.1. The van der Waals surface area contributed by atoms with Crippen LogP contribution in [0.4, 0.5) is 11.5 Å². The molecule has 150 valence electrons. The van der Waals surface area contributed by atoms with Crippen LogP contribution in [0.25, 0.3) is 22.0 Å². The van der Waals surface area contributed by atoms with Gasteiger partial charge in [0.25, 0.3) is 5.91 Å². The summed E-state index contributed by atoms with van der Waals surface area (Å²) in [6.45, 7) is 3.04. The van der Waals surface area contributed by atoms with Crippen LogP contribution in [0.2, 0.25) is 0 Å². The number of carbonyl (C=O) groups excluding carboxylic acids is 1. The van der Waals surface area contributed by atoms with Gasteiger partial charge in [-0.15, -0.1) is 0 Å². The van der Waals surface area contributed by atoms with E-state index in [2.05, 4.69) is 30.4 Å². The van der Waals surface area contributed by atoms with E-state index in [0.717, 1.165) is 40.9 Å². The van der Waals surface area contributed by atoms with Crippen LogP contribution in [0.5, 0.6) is 0 Å². The predicted molar refractivity (Wildman–Crippen MR) is 115 cm³/mol. The van der Waals surface area contributed by atoms with Crippen LogP contribution in [0.3, 0.4) is 0 Å². The molecule has 3 aromatic heterocycles. The number of H-pyrrole nitrogens is 1. The van der Waals surface area contributed by atoms with Gasteiger partial charge in [0.1, 0.15) is 5.82 Å². The highest BCUT2D eigenvalue weighted by Gasteiger charge is 2.16. The summed E-state index contributed by atoms with van der Waals surface area (Å²) >= 11 is 0. The maximum atomic E-state index is 12.9. The zero-order valence-corrected chi connectivity index (χ0v) is 16.2. The van der Waals surface area contributed by atoms with E-state index >= 15 is 0 Å². The molecular formula is C22H20N6O2. The largest absolute Gasteiger partial charge is 0.378 e. The maximum absolute atomic E-state index is 12.9. The molecule has 0 bridgehead atoms. The van der Waals surface area contributed by atoms with Crippen molar-refractivity contribution in [3.63, 3.8) is 0 Å². The average molecular weight is 400 g/mol. The highest BCUT2D eigenvalue weighted by atomic mass is 16.5. The highest BCUT2D eigenvalue weighted by molar-refractivity contribution is 6.11. The fraction of sp³-hybridized carbons (Fsp3) is 0.182. The average Bonchev–Trinajstić information content (AvgIpc) is 3.24. The summed E-state index contributed by atoms with van der Waals surface area (Å²) in [5.74, 6) is 0.591. The first-order valence-corrected chi connectivity index (χ1v) is 9.76. The number of pyridine rings is 2. The van der Waals surface area contributed by atoms with Crippen LogP contribution in [0.15, 0.2) is 61.1 Å². The first-order chi connectivity index (χ1) is 14.8. The van der Waals surface area contributed by atoms with E-state index in [0.29, 0.717) is 24.6 Å². The van der Waals surface area contributed by atoms with Crippen LogP contribution in [-0.4, -0.2) is 52.4 Å². The smallest absolute Gasteiger partial charge is 0.276 e. The van der Waals surface area contributed by atoms with Gasteiger partial charge in [-0.3, -0.25) is 14.9 Å². The SMILES string of the molecule is O=C(Nc1ccc(N2CCOCC2)nc1)c1n[nH]c2ccc(-c3cccnc3)cc12. The van der Waals surface area contributed by atoms with Crippen molar-refractivity contribution in [1.29, 1.82) is 0 Å². The Morgan fingerprint density at radius 3 is 2.73 bits per heavy atom. The fourth-order valence-corrected chi connectivity index (χ4v) is 3.53. The Labute approximate surface area is 172 Å². The molecule has 8 nitrogen and oxygen atoms in total. The van der Waals surface area contributed by atoms with Crippen molar-refractivity contribution in [2.45, 2.75) is 0 Å². The molecule has 4 heterocycles. The second-order valence-corrected chi connectivity index (χ2v) is 7.03. The van der Waals surface area contributed by atoms with Crippen molar-refractivity contribution < 1.29 is 9.53 Å². The second kappa shape index (κ2) is 7.92. The fourth-order valence-electron chi connectivity index (χ4n) is 3.53. The van der Waals surface area contributed by atoms with Crippen LogP contribution in [0.1, 0.15) is 10.5 Å². The standard InChI is InChI=1S/C22H20N6O2/c29-22(25-17-4-6-20(24-14-17)28-8-10-30-11-9-28)21-18-12-15(3-5-19(18)26-27-21)16-2-1-7-23-13-16/h1-7,12-14H,8-11H2,(H,25,29)(H,26,27). The molecule has 1 aliphatic rings. The summed E-state index contributed by atoms with van der Waals surface area (Å²) in [6.07, 6.45) is 5.19. The maximum Gasteiger partial charge on any atom is 0.276 e. The number of nitrogens with one attached hydrogen (secondary N) is 2. The Morgan fingerprint density at radius 2 is 1.97 bits per heavy atom. The first-order valence-electron chi connectivity index (χ1n) is 9.76. The summed E-state index contributed by atoms with van der Waals surface area (Å²) in [7, 11) is 0. The van der Waals surface area contributed by atoms with E-state index in [1.165, 1.54) is 0 Å². The summed E-state index contributed by atoms with van der Waals surface area (Å²) in [5.41, 5.74) is 3.72. The van der Waals surface area contributed by atoms with Gasteiger partial charge in [0, 0.05) is 36.4 Å². The monoisotopic (exact) mass is 400 g/mol. The number of nitrogens with zero attached hydrogens (tertiary/aromatic N) is 4. The van der Waals surface area contributed by atoms with Gasteiger partial charge in [-0.25, -0.2) is 4.98 Å². The minimum absolute atomic E-state index is 0.287. The number of anilines is 2. The van der Waals surface area contributed by atoms with Gasteiger partial charge in [-0.1, -0.05) is 12.1 Å². The lowest BCUT2D eigenvalue weighted by Gasteiger charge is -2.27. The number of benzene rings is 1. The zero-order valence-electron chi connectivity index (χ0n) is 16.2. The van der Waals surface area contributed by atoms with Crippen molar-refractivity contribution in [2.75, 3.05) is 36.5 Å². The lowest BCUT2D eigenvalue weighted by molar-refractivity contribution is 0.102. The molecule has 0 atom stereocenters. The molecule has 1 amide bonds. The van der Waals surface area contributed by atoms with Gasteiger partial charge in [-0.2, -0.15) is 5.10 Å². The molecule has 5 rings (SSSR count). The summed E-state index contributed by atoms with van der Waals surface area (Å²) < 4.78 is 5.37. The summed E-state index contributed by atoms with van der Waals surface area (Å²) in [6, 6.07) is 13.5. The number of hydrogen-bond acceptors (Lipinski definition) is 6. The Balaban J connectivity index is 1.37. The van der Waals surface area contributed by atoms with Crippen LogP contribution in [-0.2, 0) is 4.74 Å². The molecule has 1 saturated heterocycles. The van der Waals surface area contributed by atoms with Crippen molar-refractivity contribution in [3.05, 3.63) is 66.7 Å². The van der Waals surface area contributed by atoms with E-state index in [1.807, 2.05) is 42.5 Å². The molecule has 2 N–H and O–H groups in total. The van der Waals surface area contributed by atoms with Crippen molar-refractivity contribution in [3.8, 4) is 11.1 Å². The van der Waals surface area contributed by atoms with Crippen LogP contribution < -0.4 is 10.2 Å². The van der Waals surface area contributed by atoms with Crippen LogP contribution in [0, 0.1) is 0 Å². The molecule has 8 heteroatoms. The number of fused-ring (bicyclic) bond motifs is 1. The highest BCUT2D eigenvalue weighted by Crippen LogP contribution is 2.25. The lowest BCUT2D eigenvalue weighted by Crippen LogP contribution is -2.36. The predicted octanol–water partition coefficient (Wildman–Crippen LogP) is 3.11. The number of amides is 1. The minimum Gasteiger partial charge on any atom is -0.378 e. The number of morpholine rings is 1. The third-order valence-corrected chi connectivity index (χ3v) is 5.11. The molecule has 1 aromatic carbocycles. The molecule has 0 radical (unpaired) electrons. The zero-order chi connectivity index (χ0) is 20.3. The Hall–Kier alpha value is -3.78. The first kappa shape index (κ1) is 18.3. The van der Waals surface area contributed by atoms with Gasteiger partial charge in [0.15, 0.2) is 5.69 Å². The summed E-state index contributed by atoms with van der Waals surface area (Å²) in [4.78, 5) is 23.7. The minimum atomic E-state index is -0.287. The molecule has 0 saturated carbocycles. The topological polar surface area (TPSA) is 96.0 Å². The van der Waals surface area contributed by atoms with E-state index in [1.54, 1.807) is 18.6 Å². The number of aromatic nitrogens is 4. The number of rotatable bonds is 4. The number of carbonyl (C=O) groups is 1. The molecular weight excluding hydrogens is 380 g/mol. The Bertz CT molecular complexity index is 1170. The van der Waals surface area contributed by atoms with E-state index in [-0.39, 0.29) is 5.91 Å². The van der Waals surface area contributed by atoms with Gasteiger partial charge in [0.2, 0.25) is 0 Å². The van der Waals surface area contributed by atoms with Gasteiger partial charge in [-0.05, 0) is 35.9 Å². The van der Waals surface area contributed by atoms with Crippen molar-refractivity contribution in [2.24, 2.45) is 0 Å². The number of hydrogen-bond donors (Lipinski definition) is 2. The van der Waals surface area contributed by atoms with Gasteiger partial charge in [0.05, 0.1) is 30.6 Å². The molecule has 30 heavy (non-hydrogen) atoms. The van der Waals surface area contributed by atoms with Crippen LogP contribution >= 0.6 is 0 Å². The quantitative estimate of drug-likeness (QED) is 0.546. The second-order valence-electron chi connectivity index (χ2n) is 7.03.